The van der Waals surface area contributed by atoms with Crippen LogP contribution in [0.2, 0.25) is 0 Å². The Labute approximate surface area is 117 Å². The highest BCUT2D eigenvalue weighted by molar-refractivity contribution is 5.86. The minimum atomic E-state index is -1.07. The first-order chi connectivity index (χ1) is 9.51. The van der Waals surface area contributed by atoms with Crippen molar-refractivity contribution in [3.8, 4) is 17.0 Å². The molecule has 104 valence electrons. The van der Waals surface area contributed by atoms with Crippen LogP contribution in [0.15, 0.2) is 36.4 Å². The number of nitrogens with zero attached hydrogens (tertiary/aromatic N) is 2. The van der Waals surface area contributed by atoms with E-state index in [0.29, 0.717) is 11.4 Å². The Bertz CT molecular complexity index is 622. The van der Waals surface area contributed by atoms with Gasteiger partial charge in [-0.25, -0.2) is 9.78 Å². The number of hydrogen-bond acceptors (Lipinski definition) is 4. The third kappa shape index (κ3) is 2.88. The van der Waals surface area contributed by atoms with E-state index in [1.54, 1.807) is 6.07 Å². The van der Waals surface area contributed by atoms with Crippen molar-refractivity contribution < 1.29 is 14.6 Å². The lowest BCUT2D eigenvalue weighted by Crippen LogP contribution is -2.08. The quantitative estimate of drug-likeness (QED) is 0.926. The number of hydrogen-bond donors (Lipinski definition) is 1. The second-order valence-electron chi connectivity index (χ2n) is 4.52. The molecule has 0 unspecified atom stereocenters. The van der Waals surface area contributed by atoms with Gasteiger partial charge >= 0.3 is 5.97 Å². The van der Waals surface area contributed by atoms with E-state index < -0.39 is 5.97 Å². The second-order valence-corrected chi connectivity index (χ2v) is 4.52. The zero-order valence-electron chi connectivity index (χ0n) is 11.6. The summed E-state index contributed by atoms with van der Waals surface area (Å²) in [6.07, 6.45) is 0. The van der Waals surface area contributed by atoms with E-state index in [2.05, 4.69) is 4.98 Å². The average molecular weight is 272 g/mol. The van der Waals surface area contributed by atoms with Gasteiger partial charge in [-0.05, 0) is 12.1 Å². The molecule has 0 aliphatic carbocycles. The summed E-state index contributed by atoms with van der Waals surface area (Å²) in [6, 6.07) is 10.8. The lowest BCUT2D eigenvalue weighted by molar-refractivity contribution is 0.0690. The fraction of sp³-hybridized carbons (Fsp3) is 0.200. The average Bonchev–Trinajstić information content (AvgIpc) is 2.46. The molecule has 5 heteroatoms. The van der Waals surface area contributed by atoms with E-state index in [0.717, 1.165) is 11.3 Å². The van der Waals surface area contributed by atoms with Crippen LogP contribution in [0.1, 0.15) is 10.5 Å². The van der Waals surface area contributed by atoms with Gasteiger partial charge in [0.05, 0.1) is 12.8 Å². The maximum Gasteiger partial charge on any atom is 0.354 e. The fourth-order valence-electron chi connectivity index (χ4n) is 1.81. The maximum atomic E-state index is 11.1. The van der Waals surface area contributed by atoms with E-state index in [1.807, 2.05) is 43.3 Å². The zero-order valence-corrected chi connectivity index (χ0v) is 11.6. The molecule has 20 heavy (non-hydrogen) atoms. The number of carboxylic acids is 1. The number of ether oxygens (including phenoxy) is 1. The molecule has 1 N–H and O–H groups in total. The van der Waals surface area contributed by atoms with Gasteiger partial charge in [0.2, 0.25) is 0 Å². The molecule has 0 fully saturated rings. The molecule has 0 saturated heterocycles. The monoisotopic (exact) mass is 272 g/mol. The Balaban J connectivity index is 2.45. The summed E-state index contributed by atoms with van der Waals surface area (Å²) < 4.78 is 5.12. The van der Waals surface area contributed by atoms with E-state index in [9.17, 15) is 4.79 Å². The summed E-state index contributed by atoms with van der Waals surface area (Å²) in [7, 11) is 5.42. The molecule has 2 aromatic rings. The van der Waals surface area contributed by atoms with Gasteiger partial charge in [-0.1, -0.05) is 12.1 Å². The summed E-state index contributed by atoms with van der Waals surface area (Å²) in [5.41, 5.74) is 2.45. The highest BCUT2D eigenvalue weighted by Gasteiger charge is 2.10. The van der Waals surface area contributed by atoms with Gasteiger partial charge in [-0.3, -0.25) is 0 Å². The number of pyridine rings is 1. The molecule has 1 aromatic heterocycles. The van der Waals surface area contributed by atoms with Crippen molar-refractivity contribution in [2.45, 2.75) is 0 Å². The van der Waals surface area contributed by atoms with Gasteiger partial charge in [-0.2, -0.15) is 0 Å². The van der Waals surface area contributed by atoms with Gasteiger partial charge in [0.1, 0.15) is 5.75 Å². The summed E-state index contributed by atoms with van der Waals surface area (Å²) in [4.78, 5) is 17.2. The molecule has 2 rings (SSSR count). The smallest absolute Gasteiger partial charge is 0.354 e. The van der Waals surface area contributed by atoms with Crippen LogP contribution in [0, 0.1) is 0 Å². The normalized spacial score (nSPS) is 10.2. The van der Waals surface area contributed by atoms with Crippen LogP contribution in [0.25, 0.3) is 11.3 Å². The van der Waals surface area contributed by atoms with E-state index in [4.69, 9.17) is 9.84 Å². The van der Waals surface area contributed by atoms with Crippen LogP contribution in [0.3, 0.4) is 0 Å². The number of benzene rings is 1. The van der Waals surface area contributed by atoms with Gasteiger partial charge in [-0.15, -0.1) is 0 Å². The van der Waals surface area contributed by atoms with E-state index in [-0.39, 0.29) is 5.69 Å². The summed E-state index contributed by atoms with van der Waals surface area (Å²) >= 11 is 0. The Morgan fingerprint density at radius 1 is 1.20 bits per heavy atom. The Morgan fingerprint density at radius 3 is 2.35 bits per heavy atom. The molecule has 1 heterocycles. The molecule has 0 radical (unpaired) electrons. The number of aromatic nitrogens is 1. The van der Waals surface area contributed by atoms with Crippen molar-refractivity contribution in [1.82, 2.24) is 4.98 Å². The molecule has 0 spiro atoms. The Kier molecular flexibility index (Phi) is 3.89. The summed E-state index contributed by atoms with van der Waals surface area (Å²) in [6.45, 7) is 0. The number of rotatable bonds is 4. The lowest BCUT2D eigenvalue weighted by atomic mass is 10.1. The van der Waals surface area contributed by atoms with Crippen LogP contribution >= 0.6 is 0 Å². The zero-order chi connectivity index (χ0) is 14.7. The van der Waals surface area contributed by atoms with Gasteiger partial charge < -0.3 is 14.7 Å². The maximum absolute atomic E-state index is 11.1. The molecule has 0 saturated carbocycles. The van der Waals surface area contributed by atoms with Crippen molar-refractivity contribution >= 4 is 11.7 Å². The summed E-state index contributed by atoms with van der Waals surface area (Å²) in [5.74, 6) is -0.598. The van der Waals surface area contributed by atoms with Crippen molar-refractivity contribution in [3.05, 3.63) is 42.1 Å². The van der Waals surface area contributed by atoms with Crippen molar-refractivity contribution in [2.24, 2.45) is 0 Å². The second kappa shape index (κ2) is 5.61. The molecular formula is C15H16N2O3. The van der Waals surface area contributed by atoms with E-state index >= 15 is 0 Å². The summed E-state index contributed by atoms with van der Waals surface area (Å²) in [5, 5.41) is 9.07. The van der Waals surface area contributed by atoms with E-state index in [1.165, 1.54) is 13.2 Å². The number of carboxylic acid groups (broad SMARTS) is 1. The first-order valence-electron chi connectivity index (χ1n) is 6.08. The van der Waals surface area contributed by atoms with Crippen molar-refractivity contribution in [2.75, 3.05) is 26.1 Å². The third-order valence-corrected chi connectivity index (χ3v) is 2.93. The predicted molar refractivity (Wildman–Crippen MR) is 77.5 cm³/mol. The van der Waals surface area contributed by atoms with Crippen LogP contribution in [-0.4, -0.2) is 37.3 Å². The standard InChI is InChI=1S/C15H16N2O3/c1-17(2)11-6-4-10(5-7-11)13-8-12(20-3)9-14(16-13)15(18)19/h4-9H,1-3H3,(H,18,19). The van der Waals surface area contributed by atoms with Crippen molar-refractivity contribution in [3.63, 3.8) is 0 Å². The third-order valence-electron chi connectivity index (χ3n) is 2.93. The molecule has 5 nitrogen and oxygen atoms in total. The van der Waals surface area contributed by atoms with Gasteiger partial charge in [0, 0.05) is 37.5 Å². The predicted octanol–water partition coefficient (Wildman–Crippen LogP) is 2.52. The molecule has 0 amide bonds. The topological polar surface area (TPSA) is 62.7 Å². The van der Waals surface area contributed by atoms with Crippen LogP contribution in [-0.2, 0) is 0 Å². The molecular weight excluding hydrogens is 256 g/mol. The van der Waals surface area contributed by atoms with Crippen molar-refractivity contribution in [1.29, 1.82) is 0 Å². The molecule has 0 bridgehead atoms. The highest BCUT2D eigenvalue weighted by atomic mass is 16.5. The Hall–Kier alpha value is -2.56. The molecule has 1 aromatic carbocycles. The van der Waals surface area contributed by atoms with Crippen LogP contribution in [0.5, 0.6) is 5.75 Å². The van der Waals surface area contributed by atoms with Gasteiger partial charge in [0.25, 0.3) is 0 Å². The largest absolute Gasteiger partial charge is 0.497 e. The SMILES string of the molecule is COc1cc(C(=O)O)nc(-c2ccc(N(C)C)cc2)c1. The minimum absolute atomic E-state index is 0.0314. The number of aromatic carboxylic acids is 1. The van der Waals surface area contributed by atoms with Crippen LogP contribution < -0.4 is 9.64 Å². The molecule has 0 aliphatic heterocycles. The highest BCUT2D eigenvalue weighted by Crippen LogP contribution is 2.25. The number of anilines is 1. The minimum Gasteiger partial charge on any atom is -0.497 e. The first kappa shape index (κ1) is 13.9. The molecule has 0 aliphatic rings. The Morgan fingerprint density at radius 2 is 1.85 bits per heavy atom. The fourth-order valence-corrected chi connectivity index (χ4v) is 1.81. The number of methoxy groups -OCH3 is 1. The number of carbonyl (C=O) groups is 1. The molecule has 0 atom stereocenters. The first-order valence-corrected chi connectivity index (χ1v) is 6.08. The lowest BCUT2D eigenvalue weighted by Gasteiger charge is -2.13. The van der Waals surface area contributed by atoms with Gasteiger partial charge in [0.15, 0.2) is 5.69 Å². The van der Waals surface area contributed by atoms with Crippen LogP contribution in [0.4, 0.5) is 5.69 Å².